The first-order chi connectivity index (χ1) is 8.99. The zero-order valence-electron chi connectivity index (χ0n) is 10.0. The van der Waals surface area contributed by atoms with Crippen LogP contribution in [-0.4, -0.2) is 28.7 Å². The highest BCUT2D eigenvalue weighted by molar-refractivity contribution is 6.07. The van der Waals surface area contributed by atoms with E-state index in [4.69, 9.17) is 0 Å². The topological polar surface area (TPSA) is 53.2 Å². The standard InChI is InChI=1S/C13H10F2N2O2/c1-17-12(18)3-7(13(17)19)8-5-16-11-4-10(15)9(14)2-6(8)11/h2,4-5,7,16H,3H2,1H3. The maximum absolute atomic E-state index is 13.3. The summed E-state index contributed by atoms with van der Waals surface area (Å²) in [6.45, 7) is 0. The van der Waals surface area contributed by atoms with Crippen LogP contribution in [0.15, 0.2) is 18.3 Å². The van der Waals surface area contributed by atoms with Gasteiger partial charge in [-0.25, -0.2) is 8.78 Å². The summed E-state index contributed by atoms with van der Waals surface area (Å²) in [5, 5.41) is 0.431. The van der Waals surface area contributed by atoms with Crippen LogP contribution >= 0.6 is 0 Å². The second-order valence-corrected chi connectivity index (χ2v) is 4.60. The number of halogens is 2. The molecule has 3 rings (SSSR count). The van der Waals surface area contributed by atoms with E-state index in [1.165, 1.54) is 13.2 Å². The highest BCUT2D eigenvalue weighted by Crippen LogP contribution is 2.34. The van der Waals surface area contributed by atoms with E-state index in [1.54, 1.807) is 0 Å². The molecular formula is C13H10F2N2O2. The van der Waals surface area contributed by atoms with Crippen LogP contribution in [0.4, 0.5) is 8.78 Å². The van der Waals surface area contributed by atoms with Crippen LogP contribution in [-0.2, 0) is 9.59 Å². The van der Waals surface area contributed by atoms with Gasteiger partial charge in [0.2, 0.25) is 11.8 Å². The maximum Gasteiger partial charge on any atom is 0.237 e. The number of likely N-dealkylation sites (tertiary alicyclic amines) is 1. The van der Waals surface area contributed by atoms with Crippen molar-refractivity contribution >= 4 is 22.7 Å². The molecule has 1 saturated heterocycles. The van der Waals surface area contributed by atoms with E-state index in [9.17, 15) is 18.4 Å². The Morgan fingerprint density at radius 3 is 2.58 bits per heavy atom. The van der Waals surface area contributed by atoms with Gasteiger partial charge in [-0.1, -0.05) is 0 Å². The summed E-state index contributed by atoms with van der Waals surface area (Å²) in [4.78, 5) is 27.3. The van der Waals surface area contributed by atoms with Crippen molar-refractivity contribution in [1.29, 1.82) is 0 Å². The molecule has 2 aromatic rings. The number of likely N-dealkylation sites (N-methyl/N-ethyl adjacent to an activating group) is 1. The van der Waals surface area contributed by atoms with E-state index >= 15 is 0 Å². The van der Waals surface area contributed by atoms with Gasteiger partial charge >= 0.3 is 0 Å². The molecule has 1 aliphatic rings. The summed E-state index contributed by atoms with van der Waals surface area (Å²) in [7, 11) is 1.42. The van der Waals surface area contributed by atoms with E-state index in [1.807, 2.05) is 0 Å². The first-order valence-electron chi connectivity index (χ1n) is 5.75. The Morgan fingerprint density at radius 2 is 1.95 bits per heavy atom. The number of fused-ring (bicyclic) bond motifs is 1. The van der Waals surface area contributed by atoms with Gasteiger partial charge in [0.1, 0.15) is 0 Å². The lowest BCUT2D eigenvalue weighted by Crippen LogP contribution is -2.25. The van der Waals surface area contributed by atoms with E-state index in [0.29, 0.717) is 16.5 Å². The number of aromatic nitrogens is 1. The van der Waals surface area contributed by atoms with Crippen LogP contribution in [0.3, 0.4) is 0 Å². The van der Waals surface area contributed by atoms with Crippen molar-refractivity contribution in [3.63, 3.8) is 0 Å². The molecule has 0 radical (unpaired) electrons. The number of rotatable bonds is 1. The Hall–Kier alpha value is -2.24. The molecule has 1 aliphatic heterocycles. The molecule has 6 heteroatoms. The summed E-state index contributed by atoms with van der Waals surface area (Å²) in [6, 6.07) is 2.09. The summed E-state index contributed by atoms with van der Waals surface area (Å²) < 4.78 is 26.4. The first-order valence-corrected chi connectivity index (χ1v) is 5.75. The third-order valence-corrected chi connectivity index (χ3v) is 3.51. The van der Waals surface area contributed by atoms with Crippen molar-refractivity contribution in [2.45, 2.75) is 12.3 Å². The molecule has 19 heavy (non-hydrogen) atoms. The molecule has 0 aliphatic carbocycles. The Balaban J connectivity index is 2.14. The van der Waals surface area contributed by atoms with E-state index in [0.717, 1.165) is 17.0 Å². The lowest BCUT2D eigenvalue weighted by molar-refractivity contribution is -0.137. The highest BCUT2D eigenvalue weighted by Gasteiger charge is 2.38. The van der Waals surface area contributed by atoms with Gasteiger partial charge in [-0.05, 0) is 11.6 Å². The minimum Gasteiger partial charge on any atom is -0.361 e. The minimum atomic E-state index is -0.974. The average molecular weight is 264 g/mol. The molecule has 2 amide bonds. The average Bonchev–Trinajstić information content (AvgIpc) is 2.87. The van der Waals surface area contributed by atoms with Crippen LogP contribution in [0, 0.1) is 11.6 Å². The molecule has 0 saturated carbocycles. The van der Waals surface area contributed by atoms with Crippen LogP contribution in [0.1, 0.15) is 17.9 Å². The largest absolute Gasteiger partial charge is 0.361 e. The fraction of sp³-hybridized carbons (Fsp3) is 0.231. The molecule has 98 valence electrons. The van der Waals surface area contributed by atoms with Crippen LogP contribution < -0.4 is 0 Å². The molecule has 1 N–H and O–H groups in total. The molecule has 1 fully saturated rings. The number of imide groups is 1. The second kappa shape index (κ2) is 3.88. The van der Waals surface area contributed by atoms with Crippen molar-refractivity contribution in [1.82, 2.24) is 9.88 Å². The summed E-state index contributed by atoms with van der Waals surface area (Å²) in [6.07, 6.45) is 1.58. The van der Waals surface area contributed by atoms with E-state index in [2.05, 4.69) is 4.98 Å². The van der Waals surface area contributed by atoms with Crippen LogP contribution in [0.5, 0.6) is 0 Å². The number of aromatic amines is 1. The van der Waals surface area contributed by atoms with Gasteiger partial charge in [0.15, 0.2) is 11.6 Å². The molecular weight excluding hydrogens is 254 g/mol. The predicted octanol–water partition coefficient (Wildman–Crippen LogP) is 1.92. The number of carbonyl (C=O) groups is 2. The highest BCUT2D eigenvalue weighted by atomic mass is 19.2. The van der Waals surface area contributed by atoms with Gasteiger partial charge in [-0.2, -0.15) is 0 Å². The van der Waals surface area contributed by atoms with Crippen molar-refractivity contribution < 1.29 is 18.4 Å². The molecule has 1 atom stereocenters. The molecule has 0 spiro atoms. The lowest BCUT2D eigenvalue weighted by Gasteiger charge is -2.07. The number of nitrogens with zero attached hydrogens (tertiary/aromatic N) is 1. The minimum absolute atomic E-state index is 0.0568. The van der Waals surface area contributed by atoms with Crippen molar-refractivity contribution in [3.05, 3.63) is 35.5 Å². The summed E-state index contributed by atoms with van der Waals surface area (Å²) in [5.41, 5.74) is 0.931. The molecule has 1 aromatic carbocycles. The molecule has 1 aromatic heterocycles. The molecule has 2 heterocycles. The number of benzene rings is 1. The zero-order chi connectivity index (χ0) is 13.7. The third kappa shape index (κ3) is 1.63. The Kier molecular flexibility index (Phi) is 2.41. The lowest BCUT2D eigenvalue weighted by atomic mass is 9.97. The Labute approximate surface area is 107 Å². The van der Waals surface area contributed by atoms with Gasteiger partial charge in [0, 0.05) is 36.6 Å². The zero-order valence-corrected chi connectivity index (χ0v) is 10.0. The number of amides is 2. The number of hydrogen-bond acceptors (Lipinski definition) is 2. The van der Waals surface area contributed by atoms with E-state index in [-0.39, 0.29) is 18.2 Å². The number of hydrogen-bond donors (Lipinski definition) is 1. The van der Waals surface area contributed by atoms with Gasteiger partial charge < -0.3 is 4.98 Å². The first kappa shape index (κ1) is 11.8. The Bertz CT molecular complexity index is 708. The molecule has 0 bridgehead atoms. The molecule has 4 nitrogen and oxygen atoms in total. The SMILES string of the molecule is CN1C(=O)CC(c2c[nH]c3cc(F)c(F)cc23)C1=O. The maximum atomic E-state index is 13.3. The number of carbonyl (C=O) groups excluding carboxylic acids is 2. The summed E-state index contributed by atoms with van der Waals surface area (Å²) >= 11 is 0. The quantitative estimate of drug-likeness (QED) is 0.800. The fourth-order valence-corrected chi connectivity index (χ4v) is 2.43. The molecule has 1 unspecified atom stereocenters. The van der Waals surface area contributed by atoms with E-state index < -0.39 is 17.6 Å². The normalized spacial score (nSPS) is 19.7. The summed E-state index contributed by atoms with van der Waals surface area (Å²) in [5.74, 6) is -3.15. The third-order valence-electron chi connectivity index (χ3n) is 3.51. The van der Waals surface area contributed by atoms with Gasteiger partial charge in [-0.3, -0.25) is 14.5 Å². The van der Waals surface area contributed by atoms with Crippen LogP contribution in [0.25, 0.3) is 10.9 Å². The van der Waals surface area contributed by atoms with Gasteiger partial charge in [-0.15, -0.1) is 0 Å². The van der Waals surface area contributed by atoms with Crippen molar-refractivity contribution in [2.24, 2.45) is 0 Å². The fourth-order valence-electron chi connectivity index (χ4n) is 2.43. The van der Waals surface area contributed by atoms with Crippen molar-refractivity contribution in [3.8, 4) is 0 Å². The number of H-pyrrole nitrogens is 1. The number of nitrogens with one attached hydrogen (secondary N) is 1. The smallest absolute Gasteiger partial charge is 0.237 e. The van der Waals surface area contributed by atoms with Crippen LogP contribution in [0.2, 0.25) is 0 Å². The predicted molar refractivity (Wildman–Crippen MR) is 63.3 cm³/mol. The van der Waals surface area contributed by atoms with Gasteiger partial charge in [0.25, 0.3) is 0 Å². The Morgan fingerprint density at radius 1 is 1.26 bits per heavy atom. The second-order valence-electron chi connectivity index (χ2n) is 4.60. The van der Waals surface area contributed by atoms with Crippen molar-refractivity contribution in [2.75, 3.05) is 7.05 Å². The van der Waals surface area contributed by atoms with Gasteiger partial charge in [0.05, 0.1) is 5.92 Å². The monoisotopic (exact) mass is 264 g/mol.